The molecule has 23 heavy (non-hydrogen) atoms. The number of carbonyl (C=O) groups excluding carboxylic acids is 1. The molecule has 0 radical (unpaired) electrons. The number of para-hydroxylation sites is 2. The van der Waals surface area contributed by atoms with Gasteiger partial charge >= 0.3 is 11.7 Å². The Hall–Kier alpha value is -2.41. The van der Waals surface area contributed by atoms with E-state index in [1.54, 1.807) is 11.5 Å². The van der Waals surface area contributed by atoms with E-state index in [0.29, 0.717) is 23.5 Å². The molecule has 6 nitrogen and oxygen atoms in total. The summed E-state index contributed by atoms with van der Waals surface area (Å²) in [7, 11) is 0. The number of ether oxygens (including phenoxy) is 1. The summed E-state index contributed by atoms with van der Waals surface area (Å²) in [5.41, 5.74) is 2.22. The van der Waals surface area contributed by atoms with Gasteiger partial charge in [-0.15, -0.1) is 11.3 Å². The third kappa shape index (κ3) is 3.19. The van der Waals surface area contributed by atoms with Crippen molar-refractivity contribution in [2.45, 2.75) is 26.8 Å². The highest BCUT2D eigenvalue weighted by atomic mass is 32.1. The van der Waals surface area contributed by atoms with Crippen molar-refractivity contribution in [3.63, 3.8) is 0 Å². The first kappa shape index (κ1) is 15.5. The molecule has 120 valence electrons. The zero-order valence-corrected chi connectivity index (χ0v) is 13.8. The number of H-pyrrole nitrogens is 1. The van der Waals surface area contributed by atoms with Crippen LogP contribution in [0.3, 0.4) is 0 Å². The third-order valence-corrected chi connectivity index (χ3v) is 4.58. The molecule has 7 heteroatoms. The van der Waals surface area contributed by atoms with E-state index in [1.165, 1.54) is 11.3 Å². The van der Waals surface area contributed by atoms with Crippen molar-refractivity contribution in [3.05, 3.63) is 50.3 Å². The number of hydrogen-bond acceptors (Lipinski definition) is 5. The quantitative estimate of drug-likeness (QED) is 0.576. The molecule has 1 N–H and O–H groups in total. The monoisotopic (exact) mass is 331 g/mol. The fourth-order valence-corrected chi connectivity index (χ4v) is 3.32. The average Bonchev–Trinajstić information content (AvgIpc) is 3.02. The van der Waals surface area contributed by atoms with Gasteiger partial charge in [0.05, 0.1) is 28.3 Å². The van der Waals surface area contributed by atoms with Gasteiger partial charge in [0.1, 0.15) is 4.88 Å². The molecule has 2 aromatic heterocycles. The Kier molecular flexibility index (Phi) is 4.29. The van der Waals surface area contributed by atoms with Crippen molar-refractivity contribution < 1.29 is 9.53 Å². The van der Waals surface area contributed by atoms with E-state index in [0.717, 1.165) is 16.0 Å². The van der Waals surface area contributed by atoms with Gasteiger partial charge in [-0.25, -0.2) is 14.6 Å². The largest absolute Gasteiger partial charge is 0.461 e. The molecule has 3 rings (SSSR count). The molecule has 0 fully saturated rings. The average molecular weight is 331 g/mol. The Labute approximate surface area is 136 Å². The molecule has 0 aliphatic carbocycles. The van der Waals surface area contributed by atoms with Crippen LogP contribution in [0.25, 0.3) is 11.0 Å². The van der Waals surface area contributed by atoms with Gasteiger partial charge in [-0.1, -0.05) is 12.1 Å². The fourth-order valence-electron chi connectivity index (χ4n) is 2.50. The minimum atomic E-state index is -0.348. The molecule has 2 heterocycles. The molecule has 0 amide bonds. The van der Waals surface area contributed by atoms with E-state index >= 15 is 0 Å². The molecule has 0 saturated carbocycles. The summed E-state index contributed by atoms with van der Waals surface area (Å²) >= 11 is 1.34. The summed E-state index contributed by atoms with van der Waals surface area (Å²) in [6, 6.07) is 7.52. The normalized spacial score (nSPS) is 11.0. The highest BCUT2D eigenvalue weighted by Crippen LogP contribution is 2.18. The van der Waals surface area contributed by atoms with E-state index in [9.17, 15) is 9.59 Å². The first-order chi connectivity index (χ1) is 11.1. The summed E-state index contributed by atoms with van der Waals surface area (Å²) in [5.74, 6) is -0.348. The zero-order valence-electron chi connectivity index (χ0n) is 13.0. The molecule has 3 aromatic rings. The van der Waals surface area contributed by atoms with Gasteiger partial charge in [-0.2, -0.15) is 0 Å². The Morgan fingerprint density at radius 2 is 2.13 bits per heavy atom. The summed E-state index contributed by atoms with van der Waals surface area (Å²) in [4.78, 5) is 31.5. The number of aromatic nitrogens is 3. The fraction of sp³-hybridized carbons (Fsp3) is 0.312. The molecule has 0 unspecified atom stereocenters. The van der Waals surface area contributed by atoms with Gasteiger partial charge in [0, 0.05) is 6.54 Å². The van der Waals surface area contributed by atoms with E-state index in [-0.39, 0.29) is 18.3 Å². The molecule has 0 aliphatic heterocycles. The van der Waals surface area contributed by atoms with Crippen molar-refractivity contribution in [3.8, 4) is 0 Å². The summed E-state index contributed by atoms with van der Waals surface area (Å²) in [6.45, 7) is 4.42. The summed E-state index contributed by atoms with van der Waals surface area (Å²) in [6.07, 6.45) is 0.574. The van der Waals surface area contributed by atoms with E-state index < -0.39 is 0 Å². The molecular weight excluding hydrogens is 314 g/mol. The van der Waals surface area contributed by atoms with Crippen LogP contribution in [0, 0.1) is 13.8 Å². The molecule has 0 atom stereocenters. The van der Waals surface area contributed by atoms with Crippen LogP contribution >= 0.6 is 11.3 Å². The van der Waals surface area contributed by atoms with Crippen LogP contribution in [0.15, 0.2) is 29.1 Å². The second-order valence-corrected chi connectivity index (χ2v) is 6.44. The Bertz CT molecular complexity index is 907. The van der Waals surface area contributed by atoms with E-state index in [4.69, 9.17) is 4.74 Å². The maximum absolute atomic E-state index is 12.0. The molecular formula is C16H17N3O3S. The van der Waals surface area contributed by atoms with Crippen LogP contribution in [0.2, 0.25) is 0 Å². The van der Waals surface area contributed by atoms with Crippen molar-refractivity contribution in [2.75, 3.05) is 6.61 Å². The Balaban J connectivity index is 1.59. The van der Waals surface area contributed by atoms with Crippen LogP contribution in [-0.4, -0.2) is 27.1 Å². The lowest BCUT2D eigenvalue weighted by atomic mass is 10.3. The predicted molar refractivity (Wildman–Crippen MR) is 89.0 cm³/mol. The Morgan fingerprint density at radius 1 is 1.35 bits per heavy atom. The zero-order chi connectivity index (χ0) is 16.4. The molecule has 0 spiro atoms. The van der Waals surface area contributed by atoms with Crippen molar-refractivity contribution >= 4 is 28.3 Å². The maximum Gasteiger partial charge on any atom is 0.350 e. The predicted octanol–water partition coefficient (Wildman–Crippen LogP) is 2.65. The number of fused-ring (bicyclic) bond motifs is 1. The number of aryl methyl sites for hydroxylation is 3. The van der Waals surface area contributed by atoms with Gasteiger partial charge in [0.15, 0.2) is 0 Å². The van der Waals surface area contributed by atoms with Crippen LogP contribution < -0.4 is 5.69 Å². The van der Waals surface area contributed by atoms with Gasteiger partial charge in [-0.3, -0.25) is 4.57 Å². The van der Waals surface area contributed by atoms with Gasteiger partial charge < -0.3 is 9.72 Å². The third-order valence-electron chi connectivity index (χ3n) is 3.53. The smallest absolute Gasteiger partial charge is 0.350 e. The van der Waals surface area contributed by atoms with E-state index in [1.807, 2.05) is 31.2 Å². The maximum atomic E-state index is 12.0. The minimum absolute atomic E-state index is 0.147. The Morgan fingerprint density at radius 3 is 2.87 bits per heavy atom. The number of rotatable bonds is 5. The number of thiazole rings is 1. The number of aromatic amines is 1. The second kappa shape index (κ2) is 6.37. The van der Waals surface area contributed by atoms with Crippen LogP contribution in [0.4, 0.5) is 0 Å². The standard InChI is InChI=1S/C16H17N3O3S/c1-10-14(23-11(2)17-10)15(20)22-9-5-8-19-13-7-4-3-6-12(13)18-16(19)21/h3-4,6-7H,5,8-9H2,1-2H3,(H,18,21). The highest BCUT2D eigenvalue weighted by Gasteiger charge is 2.15. The molecule has 1 aromatic carbocycles. The van der Waals surface area contributed by atoms with Crippen molar-refractivity contribution in [2.24, 2.45) is 0 Å². The van der Waals surface area contributed by atoms with Crippen molar-refractivity contribution in [1.29, 1.82) is 0 Å². The van der Waals surface area contributed by atoms with Gasteiger partial charge in [0.25, 0.3) is 0 Å². The lowest BCUT2D eigenvalue weighted by molar-refractivity contribution is 0.0501. The molecule has 0 aliphatic rings. The summed E-state index contributed by atoms with van der Waals surface area (Å²) in [5, 5.41) is 0.847. The van der Waals surface area contributed by atoms with E-state index in [2.05, 4.69) is 9.97 Å². The lowest BCUT2D eigenvalue weighted by Crippen LogP contribution is -2.18. The van der Waals surface area contributed by atoms with Gasteiger partial charge in [0.2, 0.25) is 0 Å². The SMILES string of the molecule is Cc1nc(C)c(C(=O)OCCCn2c(=O)[nH]c3ccccc32)s1. The van der Waals surface area contributed by atoms with Crippen LogP contribution in [0.1, 0.15) is 26.8 Å². The molecule has 0 bridgehead atoms. The summed E-state index contributed by atoms with van der Waals surface area (Å²) < 4.78 is 6.94. The number of esters is 1. The number of hydrogen-bond donors (Lipinski definition) is 1. The number of carbonyl (C=O) groups is 1. The lowest BCUT2D eigenvalue weighted by Gasteiger charge is -2.05. The first-order valence-electron chi connectivity index (χ1n) is 7.35. The van der Waals surface area contributed by atoms with Gasteiger partial charge in [-0.05, 0) is 32.4 Å². The second-order valence-electron chi connectivity index (χ2n) is 5.24. The minimum Gasteiger partial charge on any atom is -0.461 e. The number of nitrogens with one attached hydrogen (secondary N) is 1. The topological polar surface area (TPSA) is 77.0 Å². The number of nitrogens with zero attached hydrogens (tertiary/aromatic N) is 2. The number of benzene rings is 1. The molecule has 0 saturated heterocycles. The highest BCUT2D eigenvalue weighted by molar-refractivity contribution is 7.13. The van der Waals surface area contributed by atoms with Crippen LogP contribution in [-0.2, 0) is 11.3 Å². The number of imidazole rings is 1. The van der Waals surface area contributed by atoms with Crippen molar-refractivity contribution in [1.82, 2.24) is 14.5 Å². The van der Waals surface area contributed by atoms with Crippen LogP contribution in [0.5, 0.6) is 0 Å². The first-order valence-corrected chi connectivity index (χ1v) is 8.16.